The minimum Gasteiger partial charge on any atom is -0.337 e. The van der Waals surface area contributed by atoms with Gasteiger partial charge in [-0.1, -0.05) is 18.2 Å². The number of nitro groups is 1. The maximum atomic E-state index is 12.9. The van der Waals surface area contributed by atoms with Crippen LogP contribution in [0.1, 0.15) is 34.5 Å². The van der Waals surface area contributed by atoms with Crippen LogP contribution in [0.15, 0.2) is 47.5 Å². The molecule has 8 heteroatoms. The second kappa shape index (κ2) is 8.59. The van der Waals surface area contributed by atoms with Crippen molar-refractivity contribution in [2.45, 2.75) is 19.3 Å². The number of carbonyl (C=O) groups is 2. The molecule has 2 aromatic rings. The van der Waals surface area contributed by atoms with Crippen molar-refractivity contribution in [2.24, 2.45) is 0 Å². The molecule has 0 spiro atoms. The van der Waals surface area contributed by atoms with E-state index in [-0.39, 0.29) is 23.2 Å². The lowest BCUT2D eigenvalue weighted by molar-refractivity contribution is -0.384. The summed E-state index contributed by atoms with van der Waals surface area (Å²) in [5.74, 6) is -0.641. The first-order valence-corrected chi connectivity index (χ1v) is 9.53. The van der Waals surface area contributed by atoms with Crippen LogP contribution in [0.3, 0.4) is 0 Å². The summed E-state index contributed by atoms with van der Waals surface area (Å²) in [5, 5.41) is 15.5. The molecule has 2 heterocycles. The Morgan fingerprint density at radius 1 is 1.15 bits per heavy atom. The molecule has 1 saturated heterocycles. The Morgan fingerprint density at radius 3 is 2.59 bits per heavy atom. The lowest BCUT2D eigenvalue weighted by atomic mass is 10.1. The predicted octanol–water partition coefficient (Wildman–Crippen LogP) is 3.44. The smallest absolute Gasteiger partial charge is 0.270 e. The summed E-state index contributed by atoms with van der Waals surface area (Å²) in [6.45, 7) is 1.28. The van der Waals surface area contributed by atoms with Crippen molar-refractivity contribution in [1.29, 1.82) is 0 Å². The van der Waals surface area contributed by atoms with Crippen LogP contribution >= 0.6 is 11.3 Å². The van der Waals surface area contributed by atoms with E-state index in [1.807, 2.05) is 0 Å². The first-order valence-electron chi connectivity index (χ1n) is 8.65. The van der Waals surface area contributed by atoms with Crippen molar-refractivity contribution in [2.75, 3.05) is 13.1 Å². The highest BCUT2D eigenvalue weighted by molar-refractivity contribution is 7.12. The summed E-state index contributed by atoms with van der Waals surface area (Å²) in [5.41, 5.74) is 0.532. The van der Waals surface area contributed by atoms with Crippen LogP contribution in [0.2, 0.25) is 0 Å². The number of hydrogen-bond donors (Lipinski definition) is 1. The van der Waals surface area contributed by atoms with Gasteiger partial charge in [-0.3, -0.25) is 19.7 Å². The van der Waals surface area contributed by atoms with Gasteiger partial charge in [-0.2, -0.15) is 0 Å². The number of piperidine rings is 1. The summed E-state index contributed by atoms with van der Waals surface area (Å²) >= 11 is 1.28. The number of hydrogen-bond acceptors (Lipinski definition) is 5. The molecule has 0 bridgehead atoms. The zero-order valence-electron chi connectivity index (χ0n) is 14.6. The van der Waals surface area contributed by atoms with Crippen LogP contribution in [-0.4, -0.2) is 34.7 Å². The number of rotatable bonds is 5. The number of nitro benzene ring substituents is 1. The predicted molar refractivity (Wildman–Crippen MR) is 103 cm³/mol. The van der Waals surface area contributed by atoms with Gasteiger partial charge in [-0.25, -0.2) is 0 Å². The maximum Gasteiger partial charge on any atom is 0.270 e. The van der Waals surface area contributed by atoms with E-state index >= 15 is 0 Å². The first kappa shape index (κ1) is 18.8. The summed E-state index contributed by atoms with van der Waals surface area (Å²) in [6.07, 6.45) is 4.42. The second-order valence-electron chi connectivity index (χ2n) is 6.19. The fourth-order valence-electron chi connectivity index (χ4n) is 2.91. The summed E-state index contributed by atoms with van der Waals surface area (Å²) in [7, 11) is 0. The third-order valence-electron chi connectivity index (χ3n) is 4.26. The van der Waals surface area contributed by atoms with Gasteiger partial charge in [-0.05, 0) is 42.3 Å². The average molecular weight is 385 g/mol. The Morgan fingerprint density at radius 2 is 1.93 bits per heavy atom. The number of nitrogens with zero attached hydrogens (tertiary/aromatic N) is 2. The van der Waals surface area contributed by atoms with Gasteiger partial charge in [0.25, 0.3) is 17.5 Å². The lowest BCUT2D eigenvalue weighted by Crippen LogP contribution is -2.41. The van der Waals surface area contributed by atoms with Crippen molar-refractivity contribution in [3.63, 3.8) is 0 Å². The SMILES string of the molecule is O=C(NC(=Cc1cccc([N+](=O)[O-])c1)C(=O)N1CCCCC1)c1cccs1. The van der Waals surface area contributed by atoms with E-state index in [9.17, 15) is 19.7 Å². The molecule has 0 saturated carbocycles. The van der Waals surface area contributed by atoms with Gasteiger partial charge in [0.15, 0.2) is 0 Å². The van der Waals surface area contributed by atoms with Gasteiger partial charge >= 0.3 is 0 Å². The summed E-state index contributed by atoms with van der Waals surface area (Å²) in [4.78, 5) is 38.1. The number of non-ortho nitro benzene ring substituents is 1. The maximum absolute atomic E-state index is 12.9. The van der Waals surface area contributed by atoms with Gasteiger partial charge in [0.2, 0.25) is 0 Å². The van der Waals surface area contributed by atoms with Gasteiger partial charge in [0, 0.05) is 25.2 Å². The zero-order valence-corrected chi connectivity index (χ0v) is 15.4. The third kappa shape index (κ3) is 4.79. The molecule has 1 aromatic heterocycles. The molecular formula is C19H19N3O4S. The number of benzene rings is 1. The van der Waals surface area contributed by atoms with E-state index in [1.165, 1.54) is 29.5 Å². The fraction of sp³-hybridized carbons (Fsp3) is 0.263. The van der Waals surface area contributed by atoms with Crippen LogP contribution in [0.5, 0.6) is 0 Å². The molecular weight excluding hydrogens is 366 g/mol. The molecule has 3 rings (SSSR count). The minimum absolute atomic E-state index is 0.0712. The number of thiophene rings is 1. The molecule has 1 aliphatic rings. The van der Waals surface area contributed by atoms with Crippen LogP contribution in [0.4, 0.5) is 5.69 Å². The quantitative estimate of drug-likeness (QED) is 0.485. The number of likely N-dealkylation sites (tertiary alicyclic amines) is 1. The van der Waals surface area contributed by atoms with Crippen LogP contribution in [0, 0.1) is 10.1 Å². The fourth-order valence-corrected chi connectivity index (χ4v) is 3.52. The first-order chi connectivity index (χ1) is 13.0. The lowest BCUT2D eigenvalue weighted by Gasteiger charge is -2.27. The van der Waals surface area contributed by atoms with Crippen LogP contribution in [0.25, 0.3) is 6.08 Å². The van der Waals surface area contributed by atoms with E-state index in [0.29, 0.717) is 23.5 Å². The van der Waals surface area contributed by atoms with E-state index in [0.717, 1.165) is 19.3 Å². The largest absolute Gasteiger partial charge is 0.337 e. The van der Waals surface area contributed by atoms with Crippen LogP contribution in [-0.2, 0) is 4.79 Å². The van der Waals surface area contributed by atoms with Gasteiger partial charge in [-0.15, -0.1) is 11.3 Å². The minimum atomic E-state index is -0.492. The Bertz CT molecular complexity index is 871. The molecule has 7 nitrogen and oxygen atoms in total. The van der Waals surface area contributed by atoms with Gasteiger partial charge in [0.05, 0.1) is 9.80 Å². The highest BCUT2D eigenvalue weighted by atomic mass is 32.1. The van der Waals surface area contributed by atoms with E-state index in [2.05, 4.69) is 5.32 Å². The molecule has 0 atom stereocenters. The monoisotopic (exact) mass is 385 g/mol. The molecule has 140 valence electrons. The van der Waals surface area contributed by atoms with Gasteiger partial charge < -0.3 is 10.2 Å². The molecule has 1 aliphatic heterocycles. The van der Waals surface area contributed by atoms with E-state index in [1.54, 1.807) is 34.5 Å². The zero-order chi connectivity index (χ0) is 19.2. The Kier molecular flexibility index (Phi) is 5.97. The van der Waals surface area contributed by atoms with Gasteiger partial charge in [0.1, 0.15) is 5.70 Å². The number of nitrogens with one attached hydrogen (secondary N) is 1. The Hall–Kier alpha value is -3.00. The van der Waals surface area contributed by atoms with E-state index in [4.69, 9.17) is 0 Å². The molecule has 0 unspecified atom stereocenters. The van der Waals surface area contributed by atoms with Crippen LogP contribution < -0.4 is 5.32 Å². The van der Waals surface area contributed by atoms with E-state index < -0.39 is 4.92 Å². The summed E-state index contributed by atoms with van der Waals surface area (Å²) < 4.78 is 0. The molecule has 0 radical (unpaired) electrons. The van der Waals surface area contributed by atoms with Crippen molar-refractivity contribution in [3.8, 4) is 0 Å². The second-order valence-corrected chi connectivity index (χ2v) is 7.14. The standard InChI is InChI=1S/C19H19N3O4S/c23-18(17-8-5-11-27-17)20-16(19(24)21-9-2-1-3-10-21)13-14-6-4-7-15(12-14)22(25)26/h4-8,11-13H,1-3,9-10H2,(H,20,23). The normalized spacial score (nSPS) is 14.7. The highest BCUT2D eigenvalue weighted by Crippen LogP contribution is 2.18. The van der Waals surface area contributed by atoms with Crippen molar-refractivity contribution < 1.29 is 14.5 Å². The highest BCUT2D eigenvalue weighted by Gasteiger charge is 2.22. The molecule has 2 amide bonds. The molecule has 1 N–H and O–H groups in total. The average Bonchev–Trinajstić information content (AvgIpc) is 3.23. The Balaban J connectivity index is 1.90. The van der Waals surface area contributed by atoms with Crippen molar-refractivity contribution >= 4 is 34.9 Å². The molecule has 27 heavy (non-hydrogen) atoms. The summed E-state index contributed by atoms with van der Waals surface area (Å²) in [6, 6.07) is 9.41. The Labute approximate surface area is 160 Å². The van der Waals surface area contributed by atoms with Crippen molar-refractivity contribution in [3.05, 3.63) is 68.0 Å². The molecule has 1 fully saturated rings. The molecule has 1 aromatic carbocycles. The number of carbonyl (C=O) groups excluding carboxylic acids is 2. The number of amides is 2. The topological polar surface area (TPSA) is 92.5 Å². The van der Waals surface area contributed by atoms with Crippen molar-refractivity contribution in [1.82, 2.24) is 10.2 Å². The molecule has 0 aliphatic carbocycles. The third-order valence-corrected chi connectivity index (χ3v) is 5.13.